The molecule has 124 valence electrons. The third kappa shape index (κ3) is 8.90. The quantitative estimate of drug-likeness (QED) is 0.282. The van der Waals surface area contributed by atoms with Crippen LogP contribution >= 0.6 is 0 Å². The van der Waals surface area contributed by atoms with Gasteiger partial charge in [0.25, 0.3) is 17.9 Å². The topological polar surface area (TPSA) is 105 Å². The van der Waals surface area contributed by atoms with Gasteiger partial charge >= 0.3 is 14.8 Å². The average molecular weight is 332 g/mol. The number of hydrogen-bond donors (Lipinski definition) is 0. The minimum absolute atomic E-state index is 0.00170. The Bertz CT molecular complexity index is 416. The first-order valence-electron chi connectivity index (χ1n) is 6.59. The first-order valence-corrected chi connectivity index (χ1v) is 8.52. The molecule has 0 rings (SSSR count). The Hall–Kier alpha value is -2.16. The van der Waals surface area contributed by atoms with Crippen LogP contribution in [-0.4, -0.2) is 39.3 Å². The fourth-order valence-electron chi connectivity index (χ4n) is 1.52. The van der Waals surface area contributed by atoms with Gasteiger partial charge in [-0.25, -0.2) is 4.79 Å². The summed E-state index contributed by atoms with van der Waals surface area (Å²) in [6.45, 7) is 5.01. The largest absolute Gasteiger partial charge is 0.705 e. The highest BCUT2D eigenvalue weighted by atomic mass is 28.4. The van der Waals surface area contributed by atoms with E-state index >= 15 is 0 Å². The lowest BCUT2D eigenvalue weighted by Gasteiger charge is -2.26. The van der Waals surface area contributed by atoms with E-state index in [1.807, 2.05) is 0 Å². The van der Waals surface area contributed by atoms with Crippen LogP contribution in [0.4, 0.5) is 0 Å². The number of carbonyl (C=O) groups is 4. The number of hydrogen-bond acceptors (Lipinski definition) is 8. The van der Waals surface area contributed by atoms with E-state index in [2.05, 4.69) is 0 Å². The van der Waals surface area contributed by atoms with Gasteiger partial charge in [0, 0.05) is 26.8 Å². The van der Waals surface area contributed by atoms with Crippen molar-refractivity contribution in [2.45, 2.75) is 40.2 Å². The van der Waals surface area contributed by atoms with Crippen molar-refractivity contribution in [2.24, 2.45) is 0 Å². The molecule has 0 aliphatic rings. The van der Waals surface area contributed by atoms with Crippen LogP contribution in [0.15, 0.2) is 12.2 Å². The highest BCUT2D eigenvalue weighted by Gasteiger charge is 2.51. The summed E-state index contributed by atoms with van der Waals surface area (Å²) >= 11 is 0. The second kappa shape index (κ2) is 9.72. The molecule has 0 unspecified atom stereocenters. The summed E-state index contributed by atoms with van der Waals surface area (Å²) in [5.74, 6) is -2.73. The van der Waals surface area contributed by atoms with Crippen LogP contribution < -0.4 is 0 Å². The Morgan fingerprint density at radius 2 is 1.36 bits per heavy atom. The van der Waals surface area contributed by atoms with E-state index in [1.54, 1.807) is 6.92 Å². The van der Waals surface area contributed by atoms with E-state index in [1.165, 1.54) is 12.2 Å². The van der Waals surface area contributed by atoms with Crippen LogP contribution in [0.3, 0.4) is 0 Å². The Balaban J connectivity index is 4.80. The van der Waals surface area contributed by atoms with Gasteiger partial charge in [0.1, 0.15) is 0 Å². The lowest BCUT2D eigenvalue weighted by molar-refractivity contribution is -0.148. The maximum absolute atomic E-state index is 11.2. The molecule has 0 radical (unpaired) electrons. The lowest BCUT2D eigenvalue weighted by Crippen LogP contribution is -2.49. The van der Waals surface area contributed by atoms with Crippen LogP contribution in [0.1, 0.15) is 34.1 Å². The maximum atomic E-state index is 11.2. The molecule has 0 fully saturated rings. The fraction of sp³-hybridized carbons (Fsp3) is 0.538. The summed E-state index contributed by atoms with van der Waals surface area (Å²) < 4.78 is 19.8. The zero-order valence-corrected chi connectivity index (χ0v) is 14.0. The minimum Gasteiger partial charge on any atom is -0.463 e. The molecule has 0 bridgehead atoms. The van der Waals surface area contributed by atoms with Crippen molar-refractivity contribution in [3.63, 3.8) is 0 Å². The van der Waals surface area contributed by atoms with E-state index in [9.17, 15) is 19.2 Å². The van der Waals surface area contributed by atoms with Gasteiger partial charge in [0.2, 0.25) is 0 Å². The van der Waals surface area contributed by atoms with E-state index < -0.39 is 32.7 Å². The summed E-state index contributed by atoms with van der Waals surface area (Å²) in [5.41, 5.74) is 0. The van der Waals surface area contributed by atoms with Crippen molar-refractivity contribution in [1.29, 1.82) is 0 Å². The molecule has 0 N–H and O–H groups in total. The van der Waals surface area contributed by atoms with Crippen LogP contribution in [0.2, 0.25) is 6.04 Å². The molecule has 0 aromatic rings. The van der Waals surface area contributed by atoms with Gasteiger partial charge < -0.3 is 18.0 Å². The number of rotatable bonds is 8. The van der Waals surface area contributed by atoms with Gasteiger partial charge in [-0.05, 0) is 13.3 Å². The van der Waals surface area contributed by atoms with Gasteiger partial charge in [0.15, 0.2) is 0 Å². The molecule has 0 amide bonds. The van der Waals surface area contributed by atoms with Gasteiger partial charge in [-0.3, -0.25) is 14.4 Å². The van der Waals surface area contributed by atoms with Crippen molar-refractivity contribution >= 4 is 32.7 Å². The molecule has 9 heteroatoms. The second-order valence-electron chi connectivity index (χ2n) is 4.23. The first-order chi connectivity index (χ1) is 10.2. The molecule has 0 spiro atoms. The van der Waals surface area contributed by atoms with E-state index in [0.717, 1.165) is 20.8 Å². The standard InChI is InChI=1S/C13H20O8Si/c1-5-7-13(17)18-8-6-9-22(19-10(2)14,20-11(3)15)21-12(4)16/h5,7H,6,8-9H2,1-4H3. The number of esters is 1. The van der Waals surface area contributed by atoms with Crippen molar-refractivity contribution in [1.82, 2.24) is 0 Å². The van der Waals surface area contributed by atoms with Gasteiger partial charge in [-0.1, -0.05) is 6.08 Å². The molecule has 0 atom stereocenters. The maximum Gasteiger partial charge on any atom is 0.705 e. The second-order valence-corrected chi connectivity index (χ2v) is 6.71. The highest BCUT2D eigenvalue weighted by Crippen LogP contribution is 2.19. The molecule has 0 aliphatic carbocycles. The molecule has 0 heterocycles. The summed E-state index contributed by atoms with van der Waals surface area (Å²) in [5, 5.41) is 0. The summed E-state index contributed by atoms with van der Waals surface area (Å²) in [6.07, 6.45) is 2.97. The van der Waals surface area contributed by atoms with Gasteiger partial charge in [-0.15, -0.1) is 0 Å². The summed E-state index contributed by atoms with van der Waals surface area (Å²) in [6, 6.07) is -0.0329. The minimum atomic E-state index is -3.83. The van der Waals surface area contributed by atoms with Crippen molar-refractivity contribution in [3.05, 3.63) is 12.2 Å². The van der Waals surface area contributed by atoms with E-state index in [-0.39, 0.29) is 19.1 Å². The SMILES string of the molecule is CC=CC(=O)OCCC[Si](OC(C)=O)(OC(C)=O)OC(C)=O. The summed E-state index contributed by atoms with van der Waals surface area (Å²) in [4.78, 5) is 44.7. The fourth-order valence-corrected chi connectivity index (χ4v) is 3.84. The van der Waals surface area contributed by atoms with E-state index in [4.69, 9.17) is 18.0 Å². The Kier molecular flexibility index (Phi) is 8.76. The normalized spacial score (nSPS) is 10.9. The lowest BCUT2D eigenvalue weighted by atomic mass is 10.5. The molecule has 0 saturated heterocycles. The van der Waals surface area contributed by atoms with Crippen LogP contribution in [0, 0.1) is 0 Å². The monoisotopic (exact) mass is 332 g/mol. The van der Waals surface area contributed by atoms with Gasteiger partial charge in [0.05, 0.1) is 12.7 Å². The van der Waals surface area contributed by atoms with Crippen molar-refractivity contribution < 1.29 is 37.2 Å². The van der Waals surface area contributed by atoms with Crippen LogP contribution in [0.5, 0.6) is 0 Å². The van der Waals surface area contributed by atoms with Crippen molar-refractivity contribution in [2.75, 3.05) is 6.61 Å². The van der Waals surface area contributed by atoms with E-state index in [0.29, 0.717) is 0 Å². The van der Waals surface area contributed by atoms with Crippen LogP contribution in [-0.2, 0) is 37.2 Å². The zero-order chi connectivity index (χ0) is 17.2. The Morgan fingerprint density at radius 3 is 1.73 bits per heavy atom. The Morgan fingerprint density at radius 1 is 0.909 bits per heavy atom. The zero-order valence-electron chi connectivity index (χ0n) is 13.0. The summed E-state index contributed by atoms with van der Waals surface area (Å²) in [7, 11) is -3.83. The number of allylic oxidation sites excluding steroid dienone is 1. The van der Waals surface area contributed by atoms with Crippen molar-refractivity contribution in [3.8, 4) is 0 Å². The third-order valence-corrected chi connectivity index (χ3v) is 4.83. The predicted molar refractivity (Wildman–Crippen MR) is 76.2 cm³/mol. The number of carbonyl (C=O) groups excluding carboxylic acids is 4. The molecule has 8 nitrogen and oxygen atoms in total. The third-order valence-electron chi connectivity index (χ3n) is 2.07. The first kappa shape index (κ1) is 19.8. The molecule has 0 saturated carbocycles. The molecule has 0 aromatic carbocycles. The molecule has 0 aromatic heterocycles. The molecule has 0 aliphatic heterocycles. The Labute approximate surface area is 129 Å². The molecular formula is C13H20O8Si. The van der Waals surface area contributed by atoms with Gasteiger partial charge in [-0.2, -0.15) is 0 Å². The van der Waals surface area contributed by atoms with Crippen LogP contribution in [0.25, 0.3) is 0 Å². The number of ether oxygens (including phenoxy) is 1. The highest BCUT2D eigenvalue weighted by molar-refractivity contribution is 6.65. The predicted octanol–water partition coefficient (Wildman–Crippen LogP) is 1.12. The molecular weight excluding hydrogens is 312 g/mol. The average Bonchev–Trinajstić information content (AvgIpc) is 2.32. The smallest absolute Gasteiger partial charge is 0.463 e. The molecule has 22 heavy (non-hydrogen) atoms.